The maximum atomic E-state index is 4.58. The van der Waals surface area contributed by atoms with E-state index in [4.69, 9.17) is 0 Å². The van der Waals surface area contributed by atoms with Gasteiger partial charge in [0.05, 0.1) is 0 Å². The highest BCUT2D eigenvalue weighted by Crippen LogP contribution is 2.30. The van der Waals surface area contributed by atoms with Crippen LogP contribution in [0.4, 0.5) is 0 Å². The van der Waals surface area contributed by atoms with Gasteiger partial charge in [0.2, 0.25) is 0 Å². The van der Waals surface area contributed by atoms with Crippen LogP contribution in [0.15, 0.2) is 40.4 Å². The quantitative estimate of drug-likeness (QED) is 0.837. The lowest BCUT2D eigenvalue weighted by Crippen LogP contribution is -2.29. The molecule has 0 amide bonds. The Morgan fingerprint density at radius 2 is 2.24 bits per heavy atom. The Labute approximate surface area is 105 Å². The molecule has 0 fully saturated rings. The summed E-state index contributed by atoms with van der Waals surface area (Å²) in [4.78, 5) is 11.4. The minimum atomic E-state index is 0.953. The third kappa shape index (κ3) is 2.05. The Kier molecular flexibility index (Phi) is 2.81. The first-order chi connectivity index (χ1) is 8.34. The van der Waals surface area contributed by atoms with Gasteiger partial charge in [-0.25, -0.2) is 0 Å². The summed E-state index contributed by atoms with van der Waals surface area (Å²) in [6.45, 7) is 2.06. The summed E-state index contributed by atoms with van der Waals surface area (Å²) in [6, 6.07) is 8.38. The molecule has 0 spiro atoms. The predicted octanol–water partition coefficient (Wildman–Crippen LogP) is 2.95. The van der Waals surface area contributed by atoms with E-state index in [9.17, 15) is 0 Å². The second kappa shape index (κ2) is 4.45. The Morgan fingerprint density at radius 3 is 3.12 bits per heavy atom. The molecule has 2 aromatic rings. The van der Waals surface area contributed by atoms with E-state index < -0.39 is 0 Å². The minimum absolute atomic E-state index is 0.953. The fraction of sp³-hybridized carbons (Fsp3) is 0.308. The predicted molar refractivity (Wildman–Crippen MR) is 73.7 cm³/mol. The van der Waals surface area contributed by atoms with E-state index in [2.05, 4.69) is 52.4 Å². The van der Waals surface area contributed by atoms with E-state index >= 15 is 0 Å². The van der Waals surface area contributed by atoms with Crippen molar-refractivity contribution in [2.45, 2.75) is 11.3 Å². The molecular weight excluding hydrogens is 230 g/mol. The smallest absolute Gasteiger partial charge is 0.163 e. The van der Waals surface area contributed by atoms with Crippen LogP contribution in [-0.2, 0) is 0 Å². The van der Waals surface area contributed by atoms with E-state index in [-0.39, 0.29) is 0 Å². The first-order valence-electron chi connectivity index (χ1n) is 5.84. The van der Waals surface area contributed by atoms with Crippen molar-refractivity contribution in [1.29, 1.82) is 0 Å². The maximum Gasteiger partial charge on any atom is 0.163 e. The van der Waals surface area contributed by atoms with Gasteiger partial charge in [-0.3, -0.25) is 4.99 Å². The molecule has 3 rings (SSSR count). The fourth-order valence-electron chi connectivity index (χ4n) is 2.04. The number of rotatable bonds is 1. The third-order valence-corrected chi connectivity index (χ3v) is 4.16. The lowest BCUT2D eigenvalue weighted by atomic mass is 10.2. The van der Waals surface area contributed by atoms with Gasteiger partial charge >= 0.3 is 0 Å². The molecular formula is C13H15N3S. The topological polar surface area (TPSA) is 31.4 Å². The Morgan fingerprint density at radius 1 is 1.35 bits per heavy atom. The van der Waals surface area contributed by atoms with Crippen molar-refractivity contribution in [3.8, 4) is 0 Å². The normalized spacial score (nSPS) is 16.3. The first-order valence-corrected chi connectivity index (χ1v) is 6.66. The summed E-state index contributed by atoms with van der Waals surface area (Å²) in [7, 11) is 2.11. The van der Waals surface area contributed by atoms with Crippen LogP contribution < -0.4 is 0 Å². The second-order valence-electron chi connectivity index (χ2n) is 4.24. The van der Waals surface area contributed by atoms with Crippen molar-refractivity contribution in [2.75, 3.05) is 20.1 Å². The number of amidine groups is 1. The zero-order chi connectivity index (χ0) is 11.7. The molecule has 0 saturated heterocycles. The fourth-order valence-corrected chi connectivity index (χ4v) is 3.04. The van der Waals surface area contributed by atoms with Crippen molar-refractivity contribution < 1.29 is 0 Å². The standard InChI is InChI=1S/C13H15N3S/c1-16-8-4-7-14-13(16)17-12-9-15-11-6-3-2-5-10(11)12/h2-3,5-6,9,15H,4,7-8H2,1H3. The van der Waals surface area contributed by atoms with Gasteiger partial charge in [-0.2, -0.15) is 0 Å². The summed E-state index contributed by atoms with van der Waals surface area (Å²) in [5.41, 5.74) is 1.19. The number of aromatic amines is 1. The minimum Gasteiger partial charge on any atom is -0.360 e. The van der Waals surface area contributed by atoms with E-state index in [0.717, 1.165) is 24.7 Å². The van der Waals surface area contributed by atoms with Crippen LogP contribution in [0.2, 0.25) is 0 Å². The highest BCUT2D eigenvalue weighted by atomic mass is 32.2. The molecule has 0 radical (unpaired) electrons. The zero-order valence-electron chi connectivity index (χ0n) is 9.81. The number of benzene rings is 1. The van der Waals surface area contributed by atoms with E-state index in [0.29, 0.717) is 0 Å². The molecule has 1 aromatic carbocycles. The number of hydrogen-bond acceptors (Lipinski definition) is 3. The van der Waals surface area contributed by atoms with Gasteiger partial charge in [0.25, 0.3) is 0 Å². The number of H-pyrrole nitrogens is 1. The summed E-state index contributed by atoms with van der Waals surface area (Å²) >= 11 is 1.75. The van der Waals surface area contributed by atoms with Gasteiger partial charge in [-0.15, -0.1) is 0 Å². The van der Waals surface area contributed by atoms with Gasteiger partial charge in [0.15, 0.2) is 5.17 Å². The van der Waals surface area contributed by atoms with Gasteiger partial charge in [0, 0.05) is 42.1 Å². The summed E-state index contributed by atoms with van der Waals surface area (Å²) in [5.74, 6) is 0. The number of aromatic nitrogens is 1. The highest BCUT2D eigenvalue weighted by Gasteiger charge is 2.14. The Hall–Kier alpha value is -1.42. The molecule has 2 heterocycles. The van der Waals surface area contributed by atoms with Gasteiger partial charge in [0.1, 0.15) is 0 Å². The first kappa shape index (κ1) is 10.7. The monoisotopic (exact) mass is 245 g/mol. The number of aliphatic imine (C=N–C) groups is 1. The molecule has 1 aliphatic rings. The Balaban J connectivity index is 1.92. The molecule has 1 aromatic heterocycles. The van der Waals surface area contributed by atoms with Crippen molar-refractivity contribution >= 4 is 27.8 Å². The van der Waals surface area contributed by atoms with E-state index in [1.807, 2.05) is 0 Å². The average Bonchev–Trinajstić information content (AvgIpc) is 2.76. The number of hydrogen-bond donors (Lipinski definition) is 1. The number of fused-ring (bicyclic) bond motifs is 1. The summed E-state index contributed by atoms with van der Waals surface area (Å²) < 4.78 is 0. The van der Waals surface area contributed by atoms with Crippen LogP contribution in [0.25, 0.3) is 10.9 Å². The number of thioether (sulfide) groups is 1. The van der Waals surface area contributed by atoms with E-state index in [1.165, 1.54) is 15.8 Å². The number of nitrogens with one attached hydrogen (secondary N) is 1. The van der Waals surface area contributed by atoms with Crippen LogP contribution in [-0.4, -0.2) is 35.2 Å². The molecule has 4 heteroatoms. The molecule has 0 saturated carbocycles. The number of nitrogens with zero attached hydrogens (tertiary/aromatic N) is 2. The van der Waals surface area contributed by atoms with Gasteiger partial charge < -0.3 is 9.88 Å². The average molecular weight is 245 g/mol. The van der Waals surface area contributed by atoms with Crippen molar-refractivity contribution in [2.24, 2.45) is 4.99 Å². The van der Waals surface area contributed by atoms with E-state index in [1.54, 1.807) is 11.8 Å². The molecule has 88 valence electrons. The van der Waals surface area contributed by atoms with Crippen LogP contribution in [0.5, 0.6) is 0 Å². The molecule has 1 N–H and O–H groups in total. The van der Waals surface area contributed by atoms with Crippen LogP contribution in [0.3, 0.4) is 0 Å². The third-order valence-electron chi connectivity index (χ3n) is 2.98. The molecule has 0 unspecified atom stereocenters. The van der Waals surface area contributed by atoms with Crippen LogP contribution in [0.1, 0.15) is 6.42 Å². The molecule has 0 bridgehead atoms. The molecule has 0 aliphatic carbocycles. The Bertz CT molecular complexity index is 559. The van der Waals surface area contributed by atoms with Crippen molar-refractivity contribution in [3.63, 3.8) is 0 Å². The van der Waals surface area contributed by atoms with Gasteiger partial charge in [-0.05, 0) is 12.5 Å². The van der Waals surface area contributed by atoms with Crippen LogP contribution >= 0.6 is 11.8 Å². The lowest BCUT2D eigenvalue weighted by molar-refractivity contribution is 0.477. The molecule has 3 nitrogen and oxygen atoms in total. The molecule has 1 aliphatic heterocycles. The second-order valence-corrected chi connectivity index (χ2v) is 5.25. The van der Waals surface area contributed by atoms with Crippen LogP contribution in [0, 0.1) is 0 Å². The molecule has 0 atom stereocenters. The largest absolute Gasteiger partial charge is 0.360 e. The highest BCUT2D eigenvalue weighted by molar-refractivity contribution is 8.14. The zero-order valence-corrected chi connectivity index (χ0v) is 10.6. The lowest BCUT2D eigenvalue weighted by Gasteiger charge is -2.23. The molecule has 17 heavy (non-hydrogen) atoms. The SMILES string of the molecule is CN1CCCN=C1Sc1c[nH]c2ccccc12. The van der Waals surface area contributed by atoms with Crippen molar-refractivity contribution in [3.05, 3.63) is 30.5 Å². The van der Waals surface area contributed by atoms with Gasteiger partial charge in [-0.1, -0.05) is 30.0 Å². The van der Waals surface area contributed by atoms with Crippen molar-refractivity contribution in [1.82, 2.24) is 9.88 Å². The summed E-state index contributed by atoms with van der Waals surface area (Å²) in [6.07, 6.45) is 3.23. The summed E-state index contributed by atoms with van der Waals surface area (Å²) in [5, 5.41) is 2.40. The number of para-hydroxylation sites is 1. The maximum absolute atomic E-state index is 4.58.